The van der Waals surface area contributed by atoms with Crippen LogP contribution >= 0.6 is 0 Å². The van der Waals surface area contributed by atoms with Gasteiger partial charge in [-0.25, -0.2) is 13.1 Å². The number of hydrogen-bond donors (Lipinski definition) is 0. The van der Waals surface area contributed by atoms with E-state index in [-0.39, 0.29) is 6.04 Å². The van der Waals surface area contributed by atoms with Gasteiger partial charge in [-0.2, -0.15) is 4.31 Å². The second kappa shape index (κ2) is 8.80. The molecule has 0 aliphatic carbocycles. The molecule has 0 unspecified atom stereocenters. The quantitative estimate of drug-likeness (QED) is 0.415. The van der Waals surface area contributed by atoms with E-state index in [1.807, 2.05) is 79.9 Å². The molecular weight excluding hydrogens is 436 g/mol. The minimum atomic E-state index is -3.54. The molecule has 0 spiro atoms. The van der Waals surface area contributed by atoms with Gasteiger partial charge < -0.3 is 4.74 Å². The van der Waals surface area contributed by atoms with Gasteiger partial charge in [0.25, 0.3) is 0 Å². The number of benzene rings is 3. The van der Waals surface area contributed by atoms with Crippen LogP contribution in [0.15, 0.2) is 90.0 Å². The third kappa shape index (κ3) is 4.53. The standard InChI is InChI=1S/C25H24N4O3S/c1-19-7-9-20(10-8-19)21-11-13-25(14-12-21)33(30,31)28-16-23(17-28)29-15-22(26-27-29)18-32-24-5-3-2-4-6-24/h2-15,23H,16-18H2,1H3. The first-order chi connectivity index (χ1) is 16.0. The van der Waals surface area contributed by atoms with Crippen molar-refractivity contribution in [2.24, 2.45) is 0 Å². The summed E-state index contributed by atoms with van der Waals surface area (Å²) in [6.45, 7) is 3.08. The molecule has 0 atom stereocenters. The van der Waals surface area contributed by atoms with Crippen molar-refractivity contribution in [3.8, 4) is 16.9 Å². The predicted octanol–water partition coefficient (Wildman–Crippen LogP) is 4.08. The zero-order valence-corrected chi connectivity index (χ0v) is 19.0. The maximum absolute atomic E-state index is 13.0. The highest BCUT2D eigenvalue weighted by Crippen LogP contribution is 2.29. The lowest BCUT2D eigenvalue weighted by atomic mass is 10.0. The molecule has 0 amide bonds. The van der Waals surface area contributed by atoms with Crippen LogP contribution in [0.5, 0.6) is 5.75 Å². The van der Waals surface area contributed by atoms with Gasteiger partial charge in [-0.05, 0) is 42.3 Å². The van der Waals surface area contributed by atoms with Gasteiger partial charge >= 0.3 is 0 Å². The second-order valence-corrected chi connectivity index (χ2v) is 10.1. The van der Waals surface area contributed by atoms with Crippen molar-refractivity contribution in [2.45, 2.75) is 24.5 Å². The number of aromatic nitrogens is 3. The normalized spacial score (nSPS) is 14.7. The lowest BCUT2D eigenvalue weighted by Crippen LogP contribution is -2.50. The highest BCUT2D eigenvalue weighted by atomic mass is 32.2. The molecule has 3 aromatic carbocycles. The van der Waals surface area contributed by atoms with Crippen molar-refractivity contribution in [1.29, 1.82) is 0 Å². The fourth-order valence-corrected chi connectivity index (χ4v) is 5.24. The zero-order valence-electron chi connectivity index (χ0n) is 18.2. The van der Waals surface area contributed by atoms with Crippen molar-refractivity contribution in [3.63, 3.8) is 0 Å². The van der Waals surface area contributed by atoms with E-state index in [1.165, 1.54) is 9.87 Å². The number of aryl methyl sites for hydroxylation is 1. The van der Waals surface area contributed by atoms with Gasteiger partial charge in [-0.3, -0.25) is 0 Å². The van der Waals surface area contributed by atoms with Crippen LogP contribution in [0, 0.1) is 6.92 Å². The van der Waals surface area contributed by atoms with Gasteiger partial charge in [0.15, 0.2) is 0 Å². The Morgan fingerprint density at radius 1 is 0.909 bits per heavy atom. The fraction of sp³-hybridized carbons (Fsp3) is 0.200. The third-order valence-corrected chi connectivity index (χ3v) is 7.61. The number of nitrogens with zero attached hydrogens (tertiary/aromatic N) is 4. The first-order valence-electron chi connectivity index (χ1n) is 10.7. The Bertz CT molecular complexity index is 1330. The minimum Gasteiger partial charge on any atom is -0.487 e. The van der Waals surface area contributed by atoms with Gasteiger partial charge in [0.2, 0.25) is 10.0 Å². The molecule has 168 valence electrons. The monoisotopic (exact) mass is 460 g/mol. The molecule has 1 saturated heterocycles. The number of ether oxygens (including phenoxy) is 1. The summed E-state index contributed by atoms with van der Waals surface area (Å²) in [4.78, 5) is 0.298. The molecule has 1 fully saturated rings. The van der Waals surface area contributed by atoms with E-state index in [2.05, 4.69) is 10.3 Å². The third-order valence-electron chi connectivity index (χ3n) is 5.77. The summed E-state index contributed by atoms with van der Waals surface area (Å²) in [5.74, 6) is 0.765. The molecule has 2 heterocycles. The van der Waals surface area contributed by atoms with Crippen molar-refractivity contribution in [3.05, 3.63) is 96.3 Å². The van der Waals surface area contributed by atoms with Gasteiger partial charge in [-0.15, -0.1) is 5.10 Å². The van der Waals surface area contributed by atoms with E-state index < -0.39 is 10.0 Å². The number of para-hydroxylation sites is 1. The van der Waals surface area contributed by atoms with Crippen molar-refractivity contribution in [2.75, 3.05) is 13.1 Å². The fourth-order valence-electron chi connectivity index (χ4n) is 3.73. The summed E-state index contributed by atoms with van der Waals surface area (Å²) >= 11 is 0. The maximum atomic E-state index is 13.0. The van der Waals surface area contributed by atoms with Gasteiger partial charge in [0, 0.05) is 13.1 Å². The van der Waals surface area contributed by atoms with Gasteiger partial charge in [0.05, 0.1) is 17.1 Å². The Kier molecular flexibility index (Phi) is 5.70. The molecule has 0 radical (unpaired) electrons. The number of sulfonamides is 1. The molecule has 1 aliphatic rings. The molecule has 0 bridgehead atoms. The summed E-state index contributed by atoms with van der Waals surface area (Å²) in [5.41, 5.74) is 3.94. The van der Waals surface area contributed by atoms with E-state index in [4.69, 9.17) is 4.74 Å². The van der Waals surface area contributed by atoms with E-state index in [1.54, 1.807) is 16.8 Å². The van der Waals surface area contributed by atoms with Crippen LogP contribution < -0.4 is 4.74 Å². The first kappa shape index (κ1) is 21.4. The van der Waals surface area contributed by atoms with Crippen LogP contribution in [0.4, 0.5) is 0 Å². The Morgan fingerprint density at radius 3 is 2.21 bits per heavy atom. The predicted molar refractivity (Wildman–Crippen MR) is 125 cm³/mol. The zero-order chi connectivity index (χ0) is 22.8. The average molecular weight is 461 g/mol. The number of rotatable bonds is 7. The molecule has 0 saturated carbocycles. The van der Waals surface area contributed by atoms with Crippen LogP contribution in [0.25, 0.3) is 11.1 Å². The Morgan fingerprint density at radius 2 is 1.55 bits per heavy atom. The Hall–Kier alpha value is -3.49. The van der Waals surface area contributed by atoms with Crippen molar-refractivity contribution >= 4 is 10.0 Å². The van der Waals surface area contributed by atoms with Crippen LogP contribution in [0.2, 0.25) is 0 Å². The summed E-state index contributed by atoms with van der Waals surface area (Å²) in [6, 6.07) is 24.7. The van der Waals surface area contributed by atoms with Crippen molar-refractivity contribution < 1.29 is 13.2 Å². The summed E-state index contributed by atoms with van der Waals surface area (Å²) < 4.78 is 34.9. The van der Waals surface area contributed by atoms with Crippen LogP contribution in [-0.4, -0.2) is 40.8 Å². The molecule has 7 nitrogen and oxygen atoms in total. The average Bonchev–Trinajstić information content (AvgIpc) is 3.26. The lowest BCUT2D eigenvalue weighted by Gasteiger charge is -2.37. The summed E-state index contributed by atoms with van der Waals surface area (Å²) in [5, 5.41) is 8.30. The van der Waals surface area contributed by atoms with E-state index in [9.17, 15) is 8.42 Å². The van der Waals surface area contributed by atoms with E-state index >= 15 is 0 Å². The maximum Gasteiger partial charge on any atom is 0.243 e. The molecule has 33 heavy (non-hydrogen) atoms. The van der Waals surface area contributed by atoms with Gasteiger partial charge in [-0.1, -0.05) is 65.4 Å². The summed E-state index contributed by atoms with van der Waals surface area (Å²) in [7, 11) is -3.54. The van der Waals surface area contributed by atoms with Crippen molar-refractivity contribution in [1.82, 2.24) is 19.3 Å². The molecule has 0 N–H and O–H groups in total. The first-order valence-corrected chi connectivity index (χ1v) is 12.2. The van der Waals surface area contributed by atoms with Crippen LogP contribution in [0.3, 0.4) is 0 Å². The molecule has 1 aliphatic heterocycles. The Labute approximate surface area is 193 Å². The molecule has 1 aromatic heterocycles. The minimum absolute atomic E-state index is 0.0374. The van der Waals surface area contributed by atoms with Crippen LogP contribution in [-0.2, 0) is 16.6 Å². The second-order valence-electron chi connectivity index (χ2n) is 8.16. The largest absolute Gasteiger partial charge is 0.487 e. The molecular formula is C25H24N4O3S. The summed E-state index contributed by atoms with van der Waals surface area (Å²) in [6.07, 6.45) is 1.81. The topological polar surface area (TPSA) is 77.3 Å². The van der Waals surface area contributed by atoms with Crippen LogP contribution in [0.1, 0.15) is 17.3 Å². The SMILES string of the molecule is Cc1ccc(-c2ccc(S(=O)(=O)N3CC(n4cc(COc5ccccc5)nn4)C3)cc2)cc1. The molecule has 5 rings (SSSR count). The number of hydrogen-bond acceptors (Lipinski definition) is 5. The van der Waals surface area contributed by atoms with E-state index in [0.717, 1.165) is 16.9 Å². The molecule has 8 heteroatoms. The highest BCUT2D eigenvalue weighted by Gasteiger charge is 2.38. The lowest BCUT2D eigenvalue weighted by molar-refractivity contribution is 0.189. The van der Waals surface area contributed by atoms with Gasteiger partial charge in [0.1, 0.15) is 18.1 Å². The highest BCUT2D eigenvalue weighted by molar-refractivity contribution is 7.89. The molecule has 4 aromatic rings. The van der Waals surface area contributed by atoms with E-state index in [0.29, 0.717) is 30.3 Å². The smallest absolute Gasteiger partial charge is 0.243 e. The Balaban J connectivity index is 1.20.